The smallest absolute Gasteiger partial charge is 0.414 e. The molecule has 10 rings (SSSR count). The molecule has 494 valence electrons. The number of anilines is 4. The van der Waals surface area contributed by atoms with Gasteiger partial charge in [-0.1, -0.05) is 128 Å². The number of cyclic esters (lactones) is 2. The fourth-order valence-electron chi connectivity index (χ4n) is 10.8. The maximum atomic E-state index is 15.2. The molecule has 0 aliphatic carbocycles. The molecule has 0 bridgehead atoms. The average molecular weight is 1310 g/mol. The number of nitrogens with two attached hydrogens (primary N) is 1. The molecule has 94 heavy (non-hydrogen) atoms. The Morgan fingerprint density at radius 3 is 1.31 bits per heavy atom. The van der Waals surface area contributed by atoms with Gasteiger partial charge in [0.15, 0.2) is 11.6 Å². The molecular weight excluding hydrogens is 1230 g/mol. The lowest BCUT2D eigenvalue weighted by Crippen LogP contribution is -2.49. The third kappa shape index (κ3) is 19.3. The number of piperazine rings is 2. The maximum Gasteiger partial charge on any atom is 0.414 e. The number of ether oxygens (including phenoxy) is 4. The van der Waals surface area contributed by atoms with Crippen molar-refractivity contribution in [3.8, 4) is 0 Å². The van der Waals surface area contributed by atoms with Gasteiger partial charge in [-0.3, -0.25) is 29.0 Å². The Labute approximate surface area is 549 Å². The van der Waals surface area contributed by atoms with Crippen molar-refractivity contribution >= 4 is 87.7 Å². The van der Waals surface area contributed by atoms with E-state index in [-0.39, 0.29) is 95.0 Å². The molecule has 0 spiro atoms. The number of nitrogens with one attached hydrogen (secondary N) is 3. The third-order valence-corrected chi connectivity index (χ3v) is 16.7. The highest BCUT2D eigenvalue weighted by atomic mass is 32.1. The van der Waals surface area contributed by atoms with Gasteiger partial charge in [0.25, 0.3) is 0 Å². The monoisotopic (exact) mass is 1310 g/mol. The van der Waals surface area contributed by atoms with Crippen LogP contribution >= 0.6 is 12.2 Å². The number of hydrogen-bond donors (Lipinski definition) is 4. The van der Waals surface area contributed by atoms with E-state index in [9.17, 15) is 38.4 Å². The second-order valence-electron chi connectivity index (χ2n) is 22.7. The molecule has 25 heteroatoms. The standard InChI is InChI=1S/C36H40FN5O6S.C33H36FN5O6/c1-2-33(49)38-22-29-23-42(36(46)48-29)28-12-13-31(30(37)20-28)40-16-18-41(19-17-40)34(44)15-14-32(43)27-10-8-25(9-11-27)21-39-35(45)47-24-26-6-4-3-5-7-26;34-28-18-26(39-21-27(19-35)45-33(39)43)10-11-29(28)37-14-16-38(17-15-37)31(41)13-12-30(40)25-8-6-23(7-9-25)20-36-32(42)44-22-24-4-2-1-3-5-24/h3-13,20,29H,2,14-19,21-24H2,1H3,(H,38,49)(H,39,45);1-11,18,27H,12-17,19-22,35H2,(H,36,42)/t29-;27-/m00/s1. The predicted molar refractivity (Wildman–Crippen MR) is 353 cm³/mol. The van der Waals surface area contributed by atoms with Crippen molar-refractivity contribution in [3.63, 3.8) is 0 Å². The zero-order valence-electron chi connectivity index (χ0n) is 52.2. The van der Waals surface area contributed by atoms with Gasteiger partial charge in [-0.15, -0.1) is 0 Å². The number of halogens is 2. The first kappa shape index (κ1) is 68.4. The fourth-order valence-corrected chi connectivity index (χ4v) is 10.9. The lowest BCUT2D eigenvalue weighted by molar-refractivity contribution is -0.132. The van der Waals surface area contributed by atoms with Gasteiger partial charge in [-0.25, -0.2) is 28.0 Å². The molecular formula is C69H76F2N10O12S. The zero-order chi connectivity index (χ0) is 66.5. The number of nitrogens with zero attached hydrogens (tertiary/aromatic N) is 6. The number of carbonyl (C=O) groups is 8. The number of Topliss-reactive ketones (excluding diaryl/α,β-unsaturated/α-hetero) is 2. The number of carbonyl (C=O) groups excluding carboxylic acids is 8. The van der Waals surface area contributed by atoms with Gasteiger partial charge in [-0.05, 0) is 65.1 Å². The highest BCUT2D eigenvalue weighted by Crippen LogP contribution is 2.31. The molecule has 2 atom stereocenters. The van der Waals surface area contributed by atoms with E-state index in [2.05, 4.69) is 16.0 Å². The second-order valence-corrected chi connectivity index (χ2v) is 23.2. The lowest BCUT2D eigenvalue weighted by atomic mass is 10.0. The highest BCUT2D eigenvalue weighted by Gasteiger charge is 2.35. The first-order valence-corrected chi connectivity index (χ1v) is 31.6. The average Bonchev–Trinajstić information content (AvgIpc) is 1.62. The summed E-state index contributed by atoms with van der Waals surface area (Å²) < 4.78 is 51.2. The molecule has 4 saturated heterocycles. The Morgan fingerprint density at radius 1 is 0.521 bits per heavy atom. The van der Waals surface area contributed by atoms with Crippen LogP contribution in [0, 0.1) is 11.6 Å². The van der Waals surface area contributed by atoms with Crippen molar-refractivity contribution in [2.75, 3.05) is 98.1 Å². The summed E-state index contributed by atoms with van der Waals surface area (Å²) in [6, 6.07) is 41.8. The van der Waals surface area contributed by atoms with Crippen LogP contribution < -0.4 is 41.3 Å². The van der Waals surface area contributed by atoms with Crippen LogP contribution in [0.15, 0.2) is 146 Å². The largest absolute Gasteiger partial charge is 0.445 e. The van der Waals surface area contributed by atoms with Gasteiger partial charge in [-0.2, -0.15) is 0 Å². The predicted octanol–water partition coefficient (Wildman–Crippen LogP) is 9.06. The molecule has 0 saturated carbocycles. The number of ketones is 2. The van der Waals surface area contributed by atoms with E-state index in [1.54, 1.807) is 82.6 Å². The summed E-state index contributed by atoms with van der Waals surface area (Å²) in [5.41, 5.74) is 11.6. The van der Waals surface area contributed by atoms with E-state index in [1.165, 1.54) is 21.9 Å². The topological polar surface area (TPSA) is 255 Å². The molecule has 6 aromatic carbocycles. The number of benzene rings is 6. The van der Waals surface area contributed by atoms with E-state index in [0.29, 0.717) is 104 Å². The summed E-state index contributed by atoms with van der Waals surface area (Å²) in [7, 11) is 0. The van der Waals surface area contributed by atoms with E-state index in [4.69, 9.17) is 36.9 Å². The van der Waals surface area contributed by atoms with Crippen molar-refractivity contribution in [1.29, 1.82) is 0 Å². The molecule has 6 aromatic rings. The Balaban J connectivity index is 0.000000222. The molecule has 5 N–H and O–H groups in total. The van der Waals surface area contributed by atoms with Gasteiger partial charge in [0.05, 0.1) is 47.4 Å². The van der Waals surface area contributed by atoms with Crippen LogP contribution in [0.2, 0.25) is 0 Å². The van der Waals surface area contributed by atoms with Crippen molar-refractivity contribution in [2.24, 2.45) is 5.73 Å². The Kier molecular flexibility index (Phi) is 24.4. The summed E-state index contributed by atoms with van der Waals surface area (Å²) in [5.74, 6) is -1.48. The van der Waals surface area contributed by atoms with Crippen LogP contribution in [0.1, 0.15) is 82.0 Å². The van der Waals surface area contributed by atoms with E-state index in [1.807, 2.05) is 77.4 Å². The van der Waals surface area contributed by atoms with E-state index in [0.717, 1.165) is 22.3 Å². The van der Waals surface area contributed by atoms with Crippen molar-refractivity contribution in [3.05, 3.63) is 191 Å². The molecule has 22 nitrogen and oxygen atoms in total. The maximum absolute atomic E-state index is 15.2. The molecule has 4 heterocycles. The van der Waals surface area contributed by atoms with Gasteiger partial charge in [0.1, 0.15) is 37.1 Å². The quantitative estimate of drug-likeness (QED) is 0.0250. The summed E-state index contributed by atoms with van der Waals surface area (Å²) in [4.78, 5) is 110. The number of amides is 6. The van der Waals surface area contributed by atoms with Crippen LogP contribution in [0.5, 0.6) is 0 Å². The normalized spacial score (nSPS) is 16.1. The minimum Gasteiger partial charge on any atom is -0.445 e. The van der Waals surface area contributed by atoms with E-state index >= 15 is 8.78 Å². The van der Waals surface area contributed by atoms with Gasteiger partial charge in [0.2, 0.25) is 11.8 Å². The summed E-state index contributed by atoms with van der Waals surface area (Å²) in [6.07, 6.45) is -1.97. The summed E-state index contributed by atoms with van der Waals surface area (Å²) >= 11 is 5.16. The minimum atomic E-state index is -0.550. The van der Waals surface area contributed by atoms with Gasteiger partial charge in [0, 0.05) is 109 Å². The van der Waals surface area contributed by atoms with Crippen LogP contribution in [0.25, 0.3) is 0 Å². The Morgan fingerprint density at radius 2 is 0.926 bits per heavy atom. The van der Waals surface area contributed by atoms with Gasteiger partial charge >= 0.3 is 24.4 Å². The molecule has 0 radical (unpaired) electrons. The molecule has 4 fully saturated rings. The third-order valence-electron chi connectivity index (χ3n) is 16.3. The molecule has 0 aromatic heterocycles. The van der Waals surface area contributed by atoms with E-state index < -0.39 is 48.2 Å². The van der Waals surface area contributed by atoms with Crippen LogP contribution in [0.4, 0.5) is 50.7 Å². The molecule has 6 amide bonds. The zero-order valence-corrected chi connectivity index (χ0v) is 53.0. The summed E-state index contributed by atoms with van der Waals surface area (Å²) in [6.45, 7) is 7.29. The Hall–Kier alpha value is -10.0. The Bertz CT molecular complexity index is 3630. The molecule has 4 aliphatic heterocycles. The fraction of sp³-hybridized carbons (Fsp3) is 0.348. The van der Waals surface area contributed by atoms with Gasteiger partial charge < -0.3 is 60.2 Å². The van der Waals surface area contributed by atoms with Crippen molar-refractivity contribution in [2.45, 2.75) is 77.5 Å². The highest BCUT2D eigenvalue weighted by molar-refractivity contribution is 7.80. The SMILES string of the molecule is CCC(=S)NC[C@H]1CN(c2ccc(N3CCN(C(=O)CCC(=O)c4ccc(CNC(=O)OCc5ccccc5)cc4)CC3)c(F)c2)C(=O)O1.NC[C@H]1CN(c2ccc(N3CCN(C(=O)CCC(=O)c4ccc(CNC(=O)OCc5ccccc5)cc4)CC3)c(F)c2)C(=O)O1. The first-order chi connectivity index (χ1) is 45.5. The number of thiocarbonyl (C=S) groups is 1. The van der Waals surface area contributed by atoms with Crippen LogP contribution in [0.3, 0.4) is 0 Å². The number of alkyl carbamates (subject to hydrolysis) is 2. The number of rotatable bonds is 24. The van der Waals surface area contributed by atoms with Crippen LogP contribution in [-0.2, 0) is 54.8 Å². The molecule has 0 unspecified atom stereocenters. The number of hydrogen-bond acceptors (Lipinski definition) is 16. The van der Waals surface area contributed by atoms with Crippen molar-refractivity contribution in [1.82, 2.24) is 25.8 Å². The first-order valence-electron chi connectivity index (χ1n) is 31.2. The summed E-state index contributed by atoms with van der Waals surface area (Å²) in [5, 5.41) is 8.44. The molecule has 4 aliphatic rings. The second kappa shape index (κ2) is 33.5. The minimum absolute atomic E-state index is 0.0691. The lowest BCUT2D eigenvalue weighted by Gasteiger charge is -2.36. The van der Waals surface area contributed by atoms with Crippen molar-refractivity contribution < 1.29 is 66.1 Å². The van der Waals surface area contributed by atoms with Crippen LogP contribution in [-0.4, -0.2) is 153 Å².